The van der Waals surface area contributed by atoms with Crippen molar-refractivity contribution in [3.8, 4) is 5.75 Å². The molecule has 2 N–H and O–H groups in total. The zero-order chi connectivity index (χ0) is 16.1. The van der Waals surface area contributed by atoms with Crippen LogP contribution in [0.3, 0.4) is 0 Å². The molecule has 0 bridgehead atoms. The van der Waals surface area contributed by atoms with Gasteiger partial charge in [-0.1, -0.05) is 23.2 Å². The number of methoxy groups -OCH3 is 1. The van der Waals surface area contributed by atoms with E-state index in [4.69, 9.17) is 27.9 Å². The summed E-state index contributed by atoms with van der Waals surface area (Å²) in [5, 5.41) is 7.04. The van der Waals surface area contributed by atoms with Crippen molar-refractivity contribution in [1.29, 1.82) is 0 Å². The summed E-state index contributed by atoms with van der Waals surface area (Å²) in [6.07, 6.45) is 0. The summed E-state index contributed by atoms with van der Waals surface area (Å²) < 4.78 is 5.22. The van der Waals surface area contributed by atoms with Crippen LogP contribution in [0.5, 0.6) is 5.75 Å². The lowest BCUT2D eigenvalue weighted by molar-refractivity contribution is -0.114. The molecule has 0 aliphatic carbocycles. The maximum absolute atomic E-state index is 12.0. The van der Waals surface area contributed by atoms with Crippen LogP contribution in [0.25, 0.3) is 0 Å². The zero-order valence-corrected chi connectivity index (χ0v) is 13.8. The number of halogens is 2. The second kappa shape index (κ2) is 7.38. The predicted octanol–water partition coefficient (Wildman–Crippen LogP) is 4.36. The molecule has 0 unspecified atom stereocenters. The van der Waals surface area contributed by atoms with Crippen molar-refractivity contribution in [3.05, 3.63) is 52.0 Å². The number of benzene rings is 2. The normalized spacial score (nSPS) is 10.2. The highest BCUT2D eigenvalue weighted by Crippen LogP contribution is 2.27. The van der Waals surface area contributed by atoms with Crippen molar-refractivity contribution in [1.82, 2.24) is 0 Å². The van der Waals surface area contributed by atoms with Crippen molar-refractivity contribution in [2.75, 3.05) is 24.3 Å². The minimum atomic E-state index is -0.174. The predicted molar refractivity (Wildman–Crippen MR) is 91.3 cm³/mol. The zero-order valence-electron chi connectivity index (χ0n) is 12.2. The highest BCUT2D eigenvalue weighted by Gasteiger charge is 2.08. The molecule has 22 heavy (non-hydrogen) atoms. The highest BCUT2D eigenvalue weighted by atomic mass is 35.5. The Kier molecular flexibility index (Phi) is 5.52. The molecular weight excluding hydrogens is 323 g/mol. The molecule has 4 nitrogen and oxygen atoms in total. The summed E-state index contributed by atoms with van der Waals surface area (Å²) in [5.74, 6) is 0.451. The molecule has 6 heteroatoms. The molecule has 0 saturated heterocycles. The van der Waals surface area contributed by atoms with Crippen LogP contribution in [0.2, 0.25) is 10.0 Å². The van der Waals surface area contributed by atoms with E-state index in [9.17, 15) is 4.79 Å². The number of hydrogen-bond acceptors (Lipinski definition) is 3. The number of anilines is 2. The minimum absolute atomic E-state index is 0.0960. The third-order valence-corrected chi connectivity index (χ3v) is 3.53. The third-order valence-electron chi connectivity index (χ3n) is 3.06. The second-order valence-corrected chi connectivity index (χ2v) is 5.58. The van der Waals surface area contributed by atoms with Crippen molar-refractivity contribution >= 4 is 40.5 Å². The molecule has 0 radical (unpaired) electrons. The van der Waals surface area contributed by atoms with Crippen LogP contribution in [0.15, 0.2) is 36.4 Å². The van der Waals surface area contributed by atoms with Gasteiger partial charge in [-0.15, -0.1) is 0 Å². The quantitative estimate of drug-likeness (QED) is 0.851. The molecule has 0 aliphatic heterocycles. The van der Waals surface area contributed by atoms with Crippen LogP contribution in [0.1, 0.15) is 5.56 Å². The van der Waals surface area contributed by atoms with Gasteiger partial charge in [-0.2, -0.15) is 0 Å². The van der Waals surface area contributed by atoms with Gasteiger partial charge in [-0.05, 0) is 48.9 Å². The van der Waals surface area contributed by atoms with E-state index < -0.39 is 0 Å². The van der Waals surface area contributed by atoms with Crippen molar-refractivity contribution in [3.63, 3.8) is 0 Å². The summed E-state index contributed by atoms with van der Waals surface area (Å²) in [6, 6.07) is 10.5. The molecule has 2 aromatic rings. The van der Waals surface area contributed by atoms with Gasteiger partial charge in [-0.25, -0.2) is 0 Å². The van der Waals surface area contributed by atoms with Crippen LogP contribution < -0.4 is 15.4 Å². The Morgan fingerprint density at radius 1 is 1.09 bits per heavy atom. The Morgan fingerprint density at radius 2 is 1.77 bits per heavy atom. The first kappa shape index (κ1) is 16.5. The maximum atomic E-state index is 12.0. The van der Waals surface area contributed by atoms with Crippen molar-refractivity contribution in [2.45, 2.75) is 6.92 Å². The molecule has 0 heterocycles. The van der Waals surface area contributed by atoms with E-state index in [2.05, 4.69) is 10.6 Å². The first-order chi connectivity index (χ1) is 10.5. The lowest BCUT2D eigenvalue weighted by atomic mass is 10.2. The molecule has 0 spiro atoms. The minimum Gasteiger partial charge on any atom is -0.495 e. The van der Waals surface area contributed by atoms with Gasteiger partial charge in [0.2, 0.25) is 5.91 Å². The van der Waals surface area contributed by atoms with Crippen LogP contribution in [0, 0.1) is 6.92 Å². The topological polar surface area (TPSA) is 50.4 Å². The molecule has 0 aromatic heterocycles. The van der Waals surface area contributed by atoms with E-state index in [0.717, 1.165) is 11.3 Å². The van der Waals surface area contributed by atoms with E-state index >= 15 is 0 Å². The fraction of sp³-hybridized carbons (Fsp3) is 0.188. The Labute approximate surface area is 139 Å². The molecule has 1 amide bonds. The maximum Gasteiger partial charge on any atom is 0.243 e. The molecule has 0 saturated carbocycles. The SMILES string of the molecule is COc1ccc(Cl)cc1NCC(=O)Nc1ccc(Cl)cc1C. The molecule has 116 valence electrons. The van der Waals surface area contributed by atoms with E-state index in [1.54, 1.807) is 43.5 Å². The largest absolute Gasteiger partial charge is 0.495 e. The summed E-state index contributed by atoms with van der Waals surface area (Å²) in [5.41, 5.74) is 2.30. The lowest BCUT2D eigenvalue weighted by Gasteiger charge is -2.12. The van der Waals surface area contributed by atoms with Gasteiger partial charge in [0.15, 0.2) is 0 Å². The number of ether oxygens (including phenoxy) is 1. The number of hydrogen-bond donors (Lipinski definition) is 2. The summed E-state index contributed by atoms with van der Waals surface area (Å²) in [4.78, 5) is 12.0. The fourth-order valence-electron chi connectivity index (χ4n) is 1.96. The average Bonchev–Trinajstić information content (AvgIpc) is 2.48. The van der Waals surface area contributed by atoms with Gasteiger partial charge >= 0.3 is 0 Å². The number of carbonyl (C=O) groups is 1. The van der Waals surface area contributed by atoms with Gasteiger partial charge in [0, 0.05) is 15.7 Å². The molecule has 0 atom stereocenters. The van der Waals surface area contributed by atoms with E-state index in [-0.39, 0.29) is 12.5 Å². The van der Waals surface area contributed by atoms with Crippen LogP contribution in [-0.2, 0) is 4.79 Å². The molecular formula is C16H16Cl2N2O2. The van der Waals surface area contributed by atoms with Gasteiger partial charge in [0.1, 0.15) is 5.75 Å². The van der Waals surface area contributed by atoms with Gasteiger partial charge < -0.3 is 15.4 Å². The van der Waals surface area contributed by atoms with Crippen molar-refractivity contribution < 1.29 is 9.53 Å². The Hall–Kier alpha value is -1.91. The van der Waals surface area contributed by atoms with E-state index in [1.807, 2.05) is 6.92 Å². The van der Waals surface area contributed by atoms with Crippen LogP contribution in [0.4, 0.5) is 11.4 Å². The number of rotatable bonds is 5. The number of carbonyl (C=O) groups excluding carboxylic acids is 1. The summed E-state index contributed by atoms with van der Waals surface area (Å²) in [7, 11) is 1.56. The monoisotopic (exact) mass is 338 g/mol. The van der Waals surface area contributed by atoms with Gasteiger partial charge in [0.25, 0.3) is 0 Å². The first-order valence-electron chi connectivity index (χ1n) is 6.63. The lowest BCUT2D eigenvalue weighted by Crippen LogP contribution is -2.22. The average molecular weight is 339 g/mol. The highest BCUT2D eigenvalue weighted by molar-refractivity contribution is 6.31. The van der Waals surface area contributed by atoms with Crippen LogP contribution >= 0.6 is 23.2 Å². The third kappa shape index (κ3) is 4.29. The summed E-state index contributed by atoms with van der Waals surface area (Å²) in [6.45, 7) is 1.98. The molecule has 2 rings (SSSR count). The first-order valence-corrected chi connectivity index (χ1v) is 7.38. The Bertz CT molecular complexity index is 690. The Balaban J connectivity index is 2.00. The molecule has 0 aliphatic rings. The Morgan fingerprint density at radius 3 is 2.45 bits per heavy atom. The van der Waals surface area contributed by atoms with E-state index in [1.165, 1.54) is 0 Å². The van der Waals surface area contributed by atoms with Crippen molar-refractivity contribution in [2.24, 2.45) is 0 Å². The van der Waals surface area contributed by atoms with Gasteiger partial charge in [-0.3, -0.25) is 4.79 Å². The molecule has 0 fully saturated rings. The number of amides is 1. The van der Waals surface area contributed by atoms with Gasteiger partial charge in [0.05, 0.1) is 19.3 Å². The summed E-state index contributed by atoms with van der Waals surface area (Å²) >= 11 is 11.8. The number of aryl methyl sites for hydroxylation is 1. The molecule has 2 aromatic carbocycles. The smallest absolute Gasteiger partial charge is 0.243 e. The fourth-order valence-corrected chi connectivity index (χ4v) is 2.35. The standard InChI is InChI=1S/C16H16Cl2N2O2/c1-10-7-11(17)3-5-13(10)20-16(21)9-19-14-8-12(18)4-6-15(14)22-2/h3-8,19H,9H2,1-2H3,(H,20,21). The second-order valence-electron chi connectivity index (χ2n) is 4.71. The van der Waals surface area contributed by atoms with E-state index in [0.29, 0.717) is 21.5 Å². The number of nitrogens with one attached hydrogen (secondary N) is 2. The van der Waals surface area contributed by atoms with Crippen LogP contribution in [-0.4, -0.2) is 19.6 Å².